The zero-order valence-corrected chi connectivity index (χ0v) is 13.4. The van der Waals surface area contributed by atoms with Gasteiger partial charge in [0.2, 0.25) is 0 Å². The van der Waals surface area contributed by atoms with Gasteiger partial charge in [-0.1, -0.05) is 12.1 Å². The topological polar surface area (TPSA) is 32.3 Å². The maximum atomic E-state index is 13.9. The summed E-state index contributed by atoms with van der Waals surface area (Å²) in [5, 5.41) is 3.00. The van der Waals surface area contributed by atoms with Gasteiger partial charge in [-0.3, -0.25) is 4.79 Å². The van der Waals surface area contributed by atoms with Crippen molar-refractivity contribution in [3.8, 4) is 0 Å². The van der Waals surface area contributed by atoms with Crippen LogP contribution in [-0.2, 0) is 5.92 Å². The molecule has 3 rings (SSSR count). The maximum Gasteiger partial charge on any atom is 0.270 e. The number of hydrogen-bond acceptors (Lipinski definition) is 3. The number of nitrogens with one attached hydrogen (secondary N) is 1. The first-order valence-electron chi connectivity index (χ1n) is 7.57. The summed E-state index contributed by atoms with van der Waals surface area (Å²) >= 11 is 0. The molecule has 0 aliphatic carbocycles. The lowest BCUT2D eigenvalue weighted by Crippen LogP contribution is -2.31. The number of carbonyl (C=O) groups excluding carboxylic acids is 1. The molecule has 0 radical (unpaired) electrons. The van der Waals surface area contributed by atoms with Crippen molar-refractivity contribution < 1.29 is 18.0 Å². The number of ketones is 1. The third kappa shape index (κ3) is 2.96. The minimum absolute atomic E-state index is 0.00755. The zero-order chi connectivity index (χ0) is 17.5. The summed E-state index contributed by atoms with van der Waals surface area (Å²) in [6, 6.07) is 9.05. The van der Waals surface area contributed by atoms with Crippen molar-refractivity contribution in [1.29, 1.82) is 0 Å². The van der Waals surface area contributed by atoms with Gasteiger partial charge in [-0.25, -0.2) is 13.2 Å². The van der Waals surface area contributed by atoms with Crippen molar-refractivity contribution in [1.82, 2.24) is 0 Å². The zero-order valence-electron chi connectivity index (χ0n) is 13.4. The number of rotatable bonds is 2. The molecule has 6 heteroatoms. The van der Waals surface area contributed by atoms with Crippen molar-refractivity contribution in [2.75, 3.05) is 23.4 Å². The molecule has 0 amide bonds. The minimum atomic E-state index is -2.97. The molecule has 0 saturated heterocycles. The number of carbonyl (C=O) groups is 1. The fraction of sp³-hybridized carbons (Fsp3) is 0.278. The van der Waals surface area contributed by atoms with E-state index in [0.717, 1.165) is 6.92 Å². The van der Waals surface area contributed by atoms with Gasteiger partial charge in [-0.05, 0) is 36.8 Å². The molecule has 0 fully saturated rings. The number of nitrogens with zero attached hydrogens (tertiary/aromatic N) is 1. The summed E-state index contributed by atoms with van der Waals surface area (Å²) in [4.78, 5) is 14.0. The Morgan fingerprint density at radius 3 is 2.67 bits per heavy atom. The highest BCUT2D eigenvalue weighted by molar-refractivity contribution is 6.04. The molecular weight excluding hydrogens is 317 g/mol. The van der Waals surface area contributed by atoms with Crippen molar-refractivity contribution in [3.63, 3.8) is 0 Å². The summed E-state index contributed by atoms with van der Waals surface area (Å²) in [6.07, 6.45) is 0. The lowest BCUT2D eigenvalue weighted by atomic mass is 10.0. The molecule has 0 spiro atoms. The number of hydrogen-bond donors (Lipinski definition) is 1. The molecule has 0 aromatic heterocycles. The Morgan fingerprint density at radius 1 is 1.21 bits per heavy atom. The molecule has 1 aliphatic rings. The van der Waals surface area contributed by atoms with Gasteiger partial charge < -0.3 is 10.2 Å². The Labute approximate surface area is 138 Å². The second kappa shape index (κ2) is 5.85. The highest BCUT2D eigenvalue weighted by atomic mass is 19.3. The summed E-state index contributed by atoms with van der Waals surface area (Å²) < 4.78 is 41.4. The molecule has 0 bridgehead atoms. The van der Waals surface area contributed by atoms with Crippen molar-refractivity contribution >= 4 is 17.2 Å². The van der Waals surface area contributed by atoms with Crippen LogP contribution in [-0.4, -0.2) is 19.0 Å². The number of alkyl halides is 2. The van der Waals surface area contributed by atoms with Crippen LogP contribution >= 0.6 is 0 Å². The maximum absolute atomic E-state index is 13.9. The van der Waals surface area contributed by atoms with E-state index in [4.69, 9.17) is 0 Å². The minimum Gasteiger partial charge on any atom is -0.367 e. The van der Waals surface area contributed by atoms with E-state index in [1.54, 1.807) is 30.0 Å². The average molecular weight is 334 g/mol. The lowest BCUT2D eigenvalue weighted by molar-refractivity contribution is 0.0168. The fourth-order valence-electron chi connectivity index (χ4n) is 2.91. The molecule has 1 aliphatic heterocycles. The van der Waals surface area contributed by atoms with E-state index in [2.05, 4.69) is 5.32 Å². The first-order valence-corrected chi connectivity index (χ1v) is 7.57. The van der Waals surface area contributed by atoms with Gasteiger partial charge in [0.15, 0.2) is 5.78 Å². The van der Waals surface area contributed by atoms with Crippen LogP contribution in [0, 0.1) is 12.7 Å². The molecule has 3 nitrogen and oxygen atoms in total. The number of anilines is 2. The van der Waals surface area contributed by atoms with Crippen LogP contribution < -0.4 is 10.2 Å². The molecular formula is C18H17F3N2O. The van der Waals surface area contributed by atoms with Crippen LogP contribution in [0.5, 0.6) is 0 Å². The molecule has 0 atom stereocenters. The third-order valence-electron chi connectivity index (χ3n) is 4.15. The predicted octanol–water partition coefficient (Wildman–Crippen LogP) is 4.32. The third-order valence-corrected chi connectivity index (χ3v) is 4.15. The normalized spacial score (nSPS) is 14.9. The summed E-state index contributed by atoms with van der Waals surface area (Å²) in [5.74, 6) is -3.95. The highest BCUT2D eigenvalue weighted by Gasteiger charge is 2.28. The summed E-state index contributed by atoms with van der Waals surface area (Å²) in [7, 11) is 0. The van der Waals surface area contributed by atoms with E-state index in [-0.39, 0.29) is 24.3 Å². The van der Waals surface area contributed by atoms with Gasteiger partial charge in [-0.2, -0.15) is 0 Å². The van der Waals surface area contributed by atoms with Crippen LogP contribution in [0.25, 0.3) is 0 Å². The molecule has 1 N–H and O–H groups in total. The Morgan fingerprint density at radius 2 is 1.96 bits per heavy atom. The Hall–Kier alpha value is -2.50. The Kier molecular flexibility index (Phi) is 3.99. The molecule has 24 heavy (non-hydrogen) atoms. The SMILES string of the molecule is Cc1ccc(N2CNc3cccc(F)c3C(=O)C2)cc1C(C)(F)F. The van der Waals surface area contributed by atoms with E-state index in [9.17, 15) is 18.0 Å². The van der Waals surface area contributed by atoms with Gasteiger partial charge in [0.25, 0.3) is 5.92 Å². The monoisotopic (exact) mass is 334 g/mol. The second-order valence-corrected chi connectivity index (χ2v) is 6.01. The number of aryl methyl sites for hydroxylation is 1. The van der Waals surface area contributed by atoms with Gasteiger partial charge in [0.1, 0.15) is 5.82 Å². The van der Waals surface area contributed by atoms with Gasteiger partial charge in [0, 0.05) is 23.9 Å². The lowest BCUT2D eigenvalue weighted by Gasteiger charge is -2.24. The number of fused-ring (bicyclic) bond motifs is 1. The first kappa shape index (κ1) is 16.4. The number of benzene rings is 2. The fourth-order valence-corrected chi connectivity index (χ4v) is 2.91. The summed E-state index contributed by atoms with van der Waals surface area (Å²) in [6.45, 7) is 2.60. The standard InChI is InChI=1S/C18H17F3N2O/c1-11-6-7-12(8-13(11)18(2,20)21)23-9-16(24)17-14(19)4-3-5-15(17)22-10-23/h3-8,22H,9-10H2,1-2H3. The molecule has 2 aromatic rings. The van der Waals surface area contributed by atoms with E-state index in [1.807, 2.05) is 0 Å². The number of Topliss-reactive ketones (excluding diaryl/α,β-unsaturated/α-hetero) is 1. The van der Waals surface area contributed by atoms with E-state index < -0.39 is 17.5 Å². The molecule has 0 unspecified atom stereocenters. The first-order chi connectivity index (χ1) is 11.3. The van der Waals surface area contributed by atoms with Crippen LogP contribution in [0.3, 0.4) is 0 Å². The van der Waals surface area contributed by atoms with Crippen LogP contribution in [0.4, 0.5) is 24.5 Å². The Balaban J connectivity index is 1.96. The summed E-state index contributed by atoms with van der Waals surface area (Å²) in [5.41, 5.74) is 1.31. The van der Waals surface area contributed by atoms with Gasteiger partial charge in [-0.15, -0.1) is 0 Å². The van der Waals surface area contributed by atoms with Crippen molar-refractivity contribution in [3.05, 3.63) is 58.9 Å². The average Bonchev–Trinajstić information content (AvgIpc) is 2.67. The molecule has 2 aromatic carbocycles. The molecule has 126 valence electrons. The molecule has 1 heterocycles. The second-order valence-electron chi connectivity index (χ2n) is 6.01. The molecule has 0 saturated carbocycles. The smallest absolute Gasteiger partial charge is 0.270 e. The predicted molar refractivity (Wildman–Crippen MR) is 87.3 cm³/mol. The van der Waals surface area contributed by atoms with Gasteiger partial charge >= 0.3 is 0 Å². The highest BCUT2D eigenvalue weighted by Crippen LogP contribution is 2.33. The number of halogens is 3. The van der Waals surface area contributed by atoms with Crippen molar-refractivity contribution in [2.24, 2.45) is 0 Å². The van der Waals surface area contributed by atoms with Gasteiger partial charge in [0.05, 0.1) is 18.8 Å². The quantitative estimate of drug-likeness (QED) is 0.888. The van der Waals surface area contributed by atoms with Crippen LogP contribution in [0.2, 0.25) is 0 Å². The van der Waals surface area contributed by atoms with E-state index >= 15 is 0 Å². The van der Waals surface area contributed by atoms with E-state index in [1.165, 1.54) is 18.2 Å². The van der Waals surface area contributed by atoms with Crippen molar-refractivity contribution in [2.45, 2.75) is 19.8 Å². The van der Waals surface area contributed by atoms with E-state index in [0.29, 0.717) is 16.9 Å². The van der Waals surface area contributed by atoms with Crippen LogP contribution in [0.1, 0.15) is 28.4 Å². The van der Waals surface area contributed by atoms with Crippen LogP contribution in [0.15, 0.2) is 36.4 Å². The largest absolute Gasteiger partial charge is 0.367 e. The Bertz CT molecular complexity index is 799.